The predicted octanol–water partition coefficient (Wildman–Crippen LogP) is 3.03. The summed E-state index contributed by atoms with van der Waals surface area (Å²) in [5.74, 6) is -0.380. The number of rotatable bonds is 5. The number of pyridine rings is 1. The molecule has 0 bridgehead atoms. The third kappa shape index (κ3) is 3.49. The van der Waals surface area contributed by atoms with E-state index in [0.717, 1.165) is 6.07 Å². The van der Waals surface area contributed by atoms with Crippen LogP contribution in [0.4, 0.5) is 19.1 Å². The smallest absolute Gasteiger partial charge is 0.368 e. The molecule has 0 fully saturated rings. The minimum Gasteiger partial charge on any atom is -0.368 e. The van der Waals surface area contributed by atoms with E-state index in [0.29, 0.717) is 23.0 Å². The normalized spacial score (nSPS) is 12.9. The molecule has 8 nitrogen and oxygen atoms in total. The van der Waals surface area contributed by atoms with Gasteiger partial charge in [-0.3, -0.25) is 4.79 Å². The average Bonchev–Trinajstić information content (AvgIpc) is 3.17. The molecule has 3 heterocycles. The van der Waals surface area contributed by atoms with Crippen molar-refractivity contribution in [3.63, 3.8) is 0 Å². The number of hydrogen-bond donors (Lipinski definition) is 2. The van der Waals surface area contributed by atoms with E-state index in [1.54, 1.807) is 31.2 Å². The van der Waals surface area contributed by atoms with Crippen molar-refractivity contribution >= 4 is 28.4 Å². The predicted molar refractivity (Wildman–Crippen MR) is 103 cm³/mol. The lowest BCUT2D eigenvalue weighted by molar-refractivity contribution is -0.141. The molecular weight excluding hydrogens is 399 g/mol. The van der Waals surface area contributed by atoms with Gasteiger partial charge in [0.25, 0.3) is 0 Å². The number of primary amides is 1. The van der Waals surface area contributed by atoms with Gasteiger partial charge in [-0.05, 0) is 30.7 Å². The highest BCUT2D eigenvalue weighted by Crippen LogP contribution is 2.29. The maximum absolute atomic E-state index is 13.0. The van der Waals surface area contributed by atoms with E-state index >= 15 is 0 Å². The maximum Gasteiger partial charge on any atom is 0.433 e. The fraction of sp³-hybridized carbons (Fsp3) is 0.211. The summed E-state index contributed by atoms with van der Waals surface area (Å²) in [4.78, 5) is 24.2. The summed E-state index contributed by atoms with van der Waals surface area (Å²) < 4.78 is 40.5. The standard InChI is InChI=1S/C19H16F3N7O/c1-2-11(15(23)30)25-18-26-12-7-4-3-6-10(12)17-27-16(28-29(17)18)13-8-5-9-14(24-13)19(20,21)22/h3-9,11H,2H2,1H3,(H2,23,30)(H,25,26). The summed E-state index contributed by atoms with van der Waals surface area (Å²) in [6.07, 6.45) is -4.19. The van der Waals surface area contributed by atoms with Crippen LogP contribution in [0, 0.1) is 0 Å². The van der Waals surface area contributed by atoms with Crippen LogP contribution in [0.25, 0.3) is 28.1 Å². The third-order valence-corrected chi connectivity index (χ3v) is 4.50. The molecular formula is C19H16F3N7O. The minimum atomic E-state index is -4.59. The second-order valence-electron chi connectivity index (χ2n) is 6.54. The lowest BCUT2D eigenvalue weighted by atomic mass is 10.2. The van der Waals surface area contributed by atoms with Gasteiger partial charge in [-0.25, -0.2) is 15.0 Å². The molecule has 1 amide bonds. The topological polar surface area (TPSA) is 111 Å². The highest BCUT2D eigenvalue weighted by molar-refractivity contribution is 5.93. The Hall–Kier alpha value is -3.76. The van der Waals surface area contributed by atoms with Crippen LogP contribution in [-0.4, -0.2) is 36.5 Å². The Kier molecular flexibility index (Phi) is 4.72. The molecule has 0 spiro atoms. The van der Waals surface area contributed by atoms with Crippen molar-refractivity contribution in [1.82, 2.24) is 24.6 Å². The molecule has 4 aromatic rings. The molecule has 30 heavy (non-hydrogen) atoms. The van der Waals surface area contributed by atoms with Gasteiger partial charge in [0.1, 0.15) is 17.4 Å². The minimum absolute atomic E-state index is 0.00516. The van der Waals surface area contributed by atoms with Gasteiger partial charge in [0.2, 0.25) is 17.7 Å². The number of aromatic nitrogens is 5. The SMILES string of the molecule is CCC(Nc1nc2ccccc2c2nc(-c3cccc(C(F)(F)F)n3)nn12)C(N)=O. The van der Waals surface area contributed by atoms with Crippen LogP contribution in [0.1, 0.15) is 19.0 Å². The van der Waals surface area contributed by atoms with Crippen molar-refractivity contribution in [3.05, 3.63) is 48.2 Å². The van der Waals surface area contributed by atoms with Crippen LogP contribution in [0.2, 0.25) is 0 Å². The van der Waals surface area contributed by atoms with Gasteiger partial charge in [0.15, 0.2) is 5.65 Å². The first kappa shape index (κ1) is 19.6. The monoisotopic (exact) mass is 415 g/mol. The van der Waals surface area contributed by atoms with Crippen molar-refractivity contribution in [3.8, 4) is 11.5 Å². The van der Waals surface area contributed by atoms with Crippen LogP contribution in [0.5, 0.6) is 0 Å². The van der Waals surface area contributed by atoms with Crippen molar-refractivity contribution < 1.29 is 18.0 Å². The number of hydrogen-bond acceptors (Lipinski definition) is 6. The van der Waals surface area contributed by atoms with E-state index in [-0.39, 0.29) is 17.5 Å². The fourth-order valence-electron chi connectivity index (χ4n) is 3.01. The molecule has 0 aliphatic rings. The van der Waals surface area contributed by atoms with Crippen molar-refractivity contribution in [1.29, 1.82) is 0 Å². The Labute approximate surface area is 168 Å². The molecule has 1 aromatic carbocycles. The molecule has 154 valence electrons. The Morgan fingerprint density at radius 1 is 1.13 bits per heavy atom. The van der Waals surface area contributed by atoms with Crippen LogP contribution in [-0.2, 0) is 11.0 Å². The van der Waals surface area contributed by atoms with E-state index in [9.17, 15) is 18.0 Å². The summed E-state index contributed by atoms with van der Waals surface area (Å²) in [5, 5.41) is 7.88. The Balaban J connectivity index is 1.92. The third-order valence-electron chi connectivity index (χ3n) is 4.50. The lowest BCUT2D eigenvalue weighted by Crippen LogP contribution is -2.35. The highest BCUT2D eigenvalue weighted by Gasteiger charge is 2.33. The first-order chi connectivity index (χ1) is 14.3. The number of nitrogens with zero attached hydrogens (tertiary/aromatic N) is 5. The highest BCUT2D eigenvalue weighted by atomic mass is 19.4. The fourth-order valence-corrected chi connectivity index (χ4v) is 3.01. The quantitative estimate of drug-likeness (QED) is 0.518. The number of anilines is 1. The van der Waals surface area contributed by atoms with Crippen LogP contribution in [0.15, 0.2) is 42.5 Å². The van der Waals surface area contributed by atoms with Gasteiger partial charge in [-0.15, -0.1) is 5.10 Å². The average molecular weight is 415 g/mol. The summed E-state index contributed by atoms with van der Waals surface area (Å²) in [6.45, 7) is 1.78. The number of carbonyl (C=O) groups excluding carboxylic acids is 1. The second-order valence-corrected chi connectivity index (χ2v) is 6.54. The van der Waals surface area contributed by atoms with Gasteiger partial charge in [0, 0.05) is 5.39 Å². The number of alkyl halides is 3. The summed E-state index contributed by atoms with van der Waals surface area (Å²) in [6, 6.07) is 9.90. The molecule has 0 aliphatic carbocycles. The summed E-state index contributed by atoms with van der Waals surface area (Å²) in [5.41, 5.74) is 5.27. The van der Waals surface area contributed by atoms with E-state index in [1.807, 2.05) is 0 Å². The van der Waals surface area contributed by atoms with Gasteiger partial charge in [-0.1, -0.05) is 25.1 Å². The molecule has 3 aromatic heterocycles. The number of para-hydroxylation sites is 1. The van der Waals surface area contributed by atoms with Crippen molar-refractivity contribution in [2.75, 3.05) is 5.32 Å². The van der Waals surface area contributed by atoms with E-state index < -0.39 is 23.8 Å². The van der Waals surface area contributed by atoms with Gasteiger partial charge in [0.05, 0.1) is 5.52 Å². The molecule has 0 radical (unpaired) electrons. The number of benzene rings is 1. The van der Waals surface area contributed by atoms with Crippen LogP contribution in [0.3, 0.4) is 0 Å². The zero-order valence-corrected chi connectivity index (χ0v) is 15.7. The van der Waals surface area contributed by atoms with E-state index in [2.05, 4.69) is 25.4 Å². The molecule has 0 saturated carbocycles. The molecule has 1 unspecified atom stereocenters. The molecule has 3 N–H and O–H groups in total. The van der Waals surface area contributed by atoms with Crippen molar-refractivity contribution in [2.24, 2.45) is 5.73 Å². The number of halogens is 3. The number of nitrogens with two attached hydrogens (primary N) is 1. The zero-order chi connectivity index (χ0) is 21.5. The maximum atomic E-state index is 13.0. The molecule has 11 heteroatoms. The van der Waals surface area contributed by atoms with E-state index in [1.165, 1.54) is 16.6 Å². The molecule has 4 rings (SSSR count). The zero-order valence-electron chi connectivity index (χ0n) is 15.7. The second kappa shape index (κ2) is 7.25. The lowest BCUT2D eigenvalue weighted by Gasteiger charge is -2.15. The largest absolute Gasteiger partial charge is 0.433 e. The first-order valence-corrected chi connectivity index (χ1v) is 9.04. The van der Waals surface area contributed by atoms with Gasteiger partial charge >= 0.3 is 6.18 Å². The Bertz CT molecular complexity index is 1250. The Morgan fingerprint density at radius 3 is 2.60 bits per heavy atom. The van der Waals surface area contributed by atoms with Crippen LogP contribution >= 0.6 is 0 Å². The molecule has 0 aliphatic heterocycles. The van der Waals surface area contributed by atoms with Gasteiger partial charge in [-0.2, -0.15) is 17.7 Å². The first-order valence-electron chi connectivity index (χ1n) is 9.04. The number of carbonyl (C=O) groups is 1. The summed E-state index contributed by atoms with van der Waals surface area (Å²) in [7, 11) is 0. The Morgan fingerprint density at radius 2 is 1.90 bits per heavy atom. The van der Waals surface area contributed by atoms with Gasteiger partial charge < -0.3 is 11.1 Å². The van der Waals surface area contributed by atoms with Crippen molar-refractivity contribution in [2.45, 2.75) is 25.6 Å². The molecule has 1 atom stereocenters. The van der Waals surface area contributed by atoms with E-state index in [4.69, 9.17) is 5.73 Å². The number of nitrogens with one attached hydrogen (secondary N) is 1. The summed E-state index contributed by atoms with van der Waals surface area (Å²) >= 11 is 0. The number of amides is 1. The number of fused-ring (bicyclic) bond motifs is 3. The molecule has 0 saturated heterocycles. The van der Waals surface area contributed by atoms with Crippen LogP contribution < -0.4 is 11.1 Å².